The van der Waals surface area contributed by atoms with Crippen molar-refractivity contribution in [3.05, 3.63) is 59.7 Å². The van der Waals surface area contributed by atoms with Crippen LogP contribution in [0.15, 0.2) is 48.5 Å². The Bertz CT molecular complexity index is 884. The number of nitrogens with one attached hydrogen (secondary N) is 1. The average Bonchev–Trinajstić information content (AvgIpc) is 3.04. The maximum Gasteiger partial charge on any atom is 0.407 e. The second-order valence-electron chi connectivity index (χ2n) is 7.60. The molecular formula is C23H24F3NO4. The molecule has 1 amide bonds. The van der Waals surface area contributed by atoms with Gasteiger partial charge in [-0.05, 0) is 35.1 Å². The molecule has 31 heavy (non-hydrogen) atoms. The van der Waals surface area contributed by atoms with Gasteiger partial charge in [0.2, 0.25) is 0 Å². The van der Waals surface area contributed by atoms with E-state index in [1.807, 2.05) is 48.5 Å². The molecule has 0 fully saturated rings. The molecule has 1 unspecified atom stereocenters. The highest BCUT2D eigenvalue weighted by atomic mass is 19.4. The first kappa shape index (κ1) is 22.7. The van der Waals surface area contributed by atoms with Crippen molar-refractivity contribution in [1.29, 1.82) is 0 Å². The Morgan fingerprint density at radius 1 is 1.00 bits per heavy atom. The first-order chi connectivity index (χ1) is 14.8. The van der Waals surface area contributed by atoms with Crippen LogP contribution in [0, 0.1) is 5.92 Å². The van der Waals surface area contributed by atoms with Gasteiger partial charge in [-0.3, -0.25) is 4.79 Å². The van der Waals surface area contributed by atoms with Gasteiger partial charge in [0.1, 0.15) is 6.61 Å². The Morgan fingerprint density at radius 2 is 1.58 bits per heavy atom. The molecule has 0 radical (unpaired) electrons. The van der Waals surface area contributed by atoms with Crippen LogP contribution in [-0.4, -0.2) is 36.5 Å². The SMILES string of the molecule is O=C(NCCCCC(CC(F)(F)F)C(=O)O)OCC1c2ccccc2-c2ccccc21. The molecule has 0 spiro atoms. The van der Waals surface area contributed by atoms with E-state index < -0.39 is 30.6 Å². The number of hydrogen-bond donors (Lipinski definition) is 2. The number of carbonyl (C=O) groups is 2. The molecule has 1 aliphatic rings. The van der Waals surface area contributed by atoms with Crippen LogP contribution >= 0.6 is 0 Å². The van der Waals surface area contributed by atoms with Gasteiger partial charge in [-0.15, -0.1) is 0 Å². The molecule has 0 saturated carbocycles. The second-order valence-corrected chi connectivity index (χ2v) is 7.60. The molecule has 3 rings (SSSR count). The molecule has 0 aromatic heterocycles. The monoisotopic (exact) mass is 435 g/mol. The lowest BCUT2D eigenvalue weighted by Crippen LogP contribution is -2.27. The number of fused-ring (bicyclic) bond motifs is 3. The van der Waals surface area contributed by atoms with E-state index in [4.69, 9.17) is 9.84 Å². The molecule has 166 valence electrons. The quantitative estimate of drug-likeness (QED) is 0.521. The van der Waals surface area contributed by atoms with E-state index in [2.05, 4.69) is 5.32 Å². The smallest absolute Gasteiger partial charge is 0.407 e. The second kappa shape index (κ2) is 9.85. The van der Waals surface area contributed by atoms with Gasteiger partial charge < -0.3 is 15.2 Å². The number of ether oxygens (including phenoxy) is 1. The van der Waals surface area contributed by atoms with E-state index in [0.29, 0.717) is 6.42 Å². The molecule has 2 N–H and O–H groups in total. The lowest BCUT2D eigenvalue weighted by molar-refractivity contribution is -0.164. The molecule has 2 aromatic carbocycles. The molecule has 2 aromatic rings. The minimum absolute atomic E-state index is 0.0585. The summed E-state index contributed by atoms with van der Waals surface area (Å²) in [5.41, 5.74) is 4.44. The van der Waals surface area contributed by atoms with Crippen molar-refractivity contribution in [3.8, 4) is 11.1 Å². The number of unbranched alkanes of at least 4 members (excludes halogenated alkanes) is 1. The predicted octanol–water partition coefficient (Wildman–Crippen LogP) is 5.35. The van der Waals surface area contributed by atoms with E-state index in [0.717, 1.165) is 22.3 Å². The Hall–Kier alpha value is -3.03. The Morgan fingerprint density at radius 3 is 2.13 bits per heavy atom. The summed E-state index contributed by atoms with van der Waals surface area (Å²) < 4.78 is 42.6. The number of alkyl halides is 3. The van der Waals surface area contributed by atoms with Gasteiger partial charge in [-0.1, -0.05) is 55.0 Å². The van der Waals surface area contributed by atoms with E-state index in [1.54, 1.807) is 0 Å². The summed E-state index contributed by atoms with van der Waals surface area (Å²) >= 11 is 0. The van der Waals surface area contributed by atoms with Crippen molar-refractivity contribution in [2.75, 3.05) is 13.2 Å². The fraction of sp³-hybridized carbons (Fsp3) is 0.391. The number of amides is 1. The van der Waals surface area contributed by atoms with Crippen LogP contribution in [-0.2, 0) is 9.53 Å². The zero-order valence-electron chi connectivity index (χ0n) is 16.8. The number of rotatable bonds is 9. The molecule has 8 heteroatoms. The number of aliphatic carboxylic acids is 1. The number of hydrogen-bond acceptors (Lipinski definition) is 3. The van der Waals surface area contributed by atoms with Crippen molar-refractivity contribution in [1.82, 2.24) is 5.32 Å². The van der Waals surface area contributed by atoms with Crippen molar-refractivity contribution >= 4 is 12.1 Å². The van der Waals surface area contributed by atoms with Gasteiger partial charge in [0.25, 0.3) is 0 Å². The molecule has 5 nitrogen and oxygen atoms in total. The summed E-state index contributed by atoms with van der Waals surface area (Å²) in [6.07, 6.45) is -5.93. The topological polar surface area (TPSA) is 75.6 Å². The highest BCUT2D eigenvalue weighted by molar-refractivity contribution is 5.79. The minimum Gasteiger partial charge on any atom is -0.481 e. The summed E-state index contributed by atoms with van der Waals surface area (Å²) in [4.78, 5) is 23.0. The van der Waals surface area contributed by atoms with Crippen molar-refractivity contribution < 1.29 is 32.6 Å². The van der Waals surface area contributed by atoms with Crippen LogP contribution in [0.25, 0.3) is 11.1 Å². The minimum atomic E-state index is -4.51. The largest absolute Gasteiger partial charge is 0.481 e. The Balaban J connectivity index is 1.43. The highest BCUT2D eigenvalue weighted by Gasteiger charge is 2.35. The first-order valence-corrected chi connectivity index (χ1v) is 10.1. The molecule has 0 saturated heterocycles. The highest BCUT2D eigenvalue weighted by Crippen LogP contribution is 2.44. The van der Waals surface area contributed by atoms with Gasteiger partial charge in [-0.2, -0.15) is 13.2 Å². The van der Waals surface area contributed by atoms with Crippen LogP contribution < -0.4 is 5.32 Å². The molecular weight excluding hydrogens is 411 g/mol. The van der Waals surface area contributed by atoms with Crippen LogP contribution in [0.1, 0.15) is 42.7 Å². The van der Waals surface area contributed by atoms with Crippen LogP contribution in [0.2, 0.25) is 0 Å². The van der Waals surface area contributed by atoms with Gasteiger partial charge in [0, 0.05) is 12.5 Å². The van der Waals surface area contributed by atoms with Crippen molar-refractivity contribution in [2.24, 2.45) is 5.92 Å². The standard InChI is InChI=1S/C23H24F3NO4/c24-23(25,26)13-15(21(28)29)7-5-6-12-27-22(30)31-14-20-18-10-3-1-8-16(18)17-9-2-4-11-19(17)20/h1-4,8-11,15,20H,5-7,12-14H2,(H,27,30)(H,28,29). The lowest BCUT2D eigenvalue weighted by Gasteiger charge is -2.15. The van der Waals surface area contributed by atoms with E-state index in [1.165, 1.54) is 0 Å². The zero-order valence-corrected chi connectivity index (χ0v) is 16.8. The molecule has 0 bridgehead atoms. The number of carbonyl (C=O) groups excluding carboxylic acids is 1. The van der Waals surface area contributed by atoms with Gasteiger partial charge in [0.15, 0.2) is 0 Å². The number of carboxylic acid groups (broad SMARTS) is 1. The van der Waals surface area contributed by atoms with E-state index in [-0.39, 0.29) is 31.9 Å². The predicted molar refractivity (Wildman–Crippen MR) is 109 cm³/mol. The average molecular weight is 435 g/mol. The summed E-state index contributed by atoms with van der Waals surface area (Å²) in [5.74, 6) is -2.98. The molecule has 1 atom stereocenters. The number of benzene rings is 2. The Labute approximate surface area is 178 Å². The van der Waals surface area contributed by atoms with Gasteiger partial charge >= 0.3 is 18.2 Å². The number of halogens is 3. The normalized spacial score (nSPS) is 13.9. The van der Waals surface area contributed by atoms with Crippen molar-refractivity contribution in [2.45, 2.75) is 37.8 Å². The van der Waals surface area contributed by atoms with Crippen LogP contribution in [0.4, 0.5) is 18.0 Å². The molecule has 0 heterocycles. The maximum absolute atomic E-state index is 12.4. The molecule has 1 aliphatic carbocycles. The maximum atomic E-state index is 12.4. The lowest BCUT2D eigenvalue weighted by atomic mass is 9.98. The summed E-state index contributed by atoms with van der Waals surface area (Å²) in [6.45, 7) is 0.377. The summed E-state index contributed by atoms with van der Waals surface area (Å²) in [7, 11) is 0. The third-order valence-electron chi connectivity index (χ3n) is 5.42. The summed E-state index contributed by atoms with van der Waals surface area (Å²) in [5, 5.41) is 11.5. The molecule has 0 aliphatic heterocycles. The van der Waals surface area contributed by atoms with E-state index in [9.17, 15) is 22.8 Å². The fourth-order valence-electron chi connectivity index (χ4n) is 3.95. The summed E-state index contributed by atoms with van der Waals surface area (Å²) in [6, 6.07) is 15.9. The Kier molecular flexibility index (Phi) is 7.20. The third kappa shape index (κ3) is 5.99. The number of carboxylic acids is 1. The fourth-order valence-corrected chi connectivity index (χ4v) is 3.95. The third-order valence-corrected chi connectivity index (χ3v) is 5.42. The van der Waals surface area contributed by atoms with Crippen LogP contribution in [0.5, 0.6) is 0 Å². The number of alkyl carbamates (subject to hydrolysis) is 1. The van der Waals surface area contributed by atoms with Gasteiger partial charge in [0.05, 0.1) is 12.3 Å². The zero-order chi connectivity index (χ0) is 22.4. The van der Waals surface area contributed by atoms with E-state index >= 15 is 0 Å². The first-order valence-electron chi connectivity index (χ1n) is 10.1. The van der Waals surface area contributed by atoms with Crippen LogP contribution in [0.3, 0.4) is 0 Å². The van der Waals surface area contributed by atoms with Crippen molar-refractivity contribution in [3.63, 3.8) is 0 Å². The van der Waals surface area contributed by atoms with Gasteiger partial charge in [-0.25, -0.2) is 4.79 Å².